The molecule has 0 bridgehead atoms. The molecule has 98 valence electrons. The van der Waals surface area contributed by atoms with E-state index in [1.165, 1.54) is 4.90 Å². The molecule has 0 aliphatic rings. The SMILES string of the molecule is Cc1nsc(N(C)C(=O)c2ccccc2)c1C(=O)O. The standard InChI is InChI=1S/C13H12N2O3S/c1-8-10(13(17)18)12(19-14-8)15(2)11(16)9-6-4-3-5-7-9/h3-7H,1-2H3,(H,17,18). The summed E-state index contributed by atoms with van der Waals surface area (Å²) in [5.41, 5.74) is 1.00. The molecule has 19 heavy (non-hydrogen) atoms. The van der Waals surface area contributed by atoms with Gasteiger partial charge in [-0.1, -0.05) is 18.2 Å². The Labute approximate surface area is 114 Å². The van der Waals surface area contributed by atoms with E-state index in [-0.39, 0.29) is 11.5 Å². The Morgan fingerprint density at radius 1 is 1.26 bits per heavy atom. The molecule has 0 unspecified atom stereocenters. The van der Waals surface area contributed by atoms with Gasteiger partial charge >= 0.3 is 5.97 Å². The van der Waals surface area contributed by atoms with E-state index in [2.05, 4.69) is 4.37 Å². The lowest BCUT2D eigenvalue weighted by atomic mass is 10.2. The van der Waals surface area contributed by atoms with Crippen LogP contribution in [0.1, 0.15) is 26.4 Å². The Bertz CT molecular complexity index is 622. The van der Waals surface area contributed by atoms with Gasteiger partial charge in [0, 0.05) is 12.6 Å². The highest BCUT2D eigenvalue weighted by molar-refractivity contribution is 7.11. The van der Waals surface area contributed by atoms with E-state index in [4.69, 9.17) is 5.11 Å². The smallest absolute Gasteiger partial charge is 0.340 e. The first-order valence-corrected chi connectivity index (χ1v) is 6.32. The van der Waals surface area contributed by atoms with E-state index in [1.54, 1.807) is 38.2 Å². The van der Waals surface area contributed by atoms with Gasteiger partial charge in [-0.2, -0.15) is 4.37 Å². The molecule has 1 amide bonds. The third kappa shape index (κ3) is 2.48. The number of amides is 1. The van der Waals surface area contributed by atoms with Crippen LogP contribution in [-0.4, -0.2) is 28.4 Å². The number of hydrogen-bond donors (Lipinski definition) is 1. The monoisotopic (exact) mass is 276 g/mol. The van der Waals surface area contributed by atoms with Gasteiger partial charge in [-0.25, -0.2) is 4.79 Å². The summed E-state index contributed by atoms with van der Waals surface area (Å²) in [4.78, 5) is 24.8. The Morgan fingerprint density at radius 3 is 2.47 bits per heavy atom. The number of rotatable bonds is 3. The van der Waals surface area contributed by atoms with Gasteiger partial charge in [0.25, 0.3) is 5.91 Å². The fourth-order valence-electron chi connectivity index (χ4n) is 1.70. The minimum atomic E-state index is -1.08. The number of benzene rings is 1. The fourth-order valence-corrected chi connectivity index (χ4v) is 2.55. The Morgan fingerprint density at radius 2 is 1.89 bits per heavy atom. The minimum Gasteiger partial charge on any atom is -0.478 e. The zero-order valence-electron chi connectivity index (χ0n) is 10.5. The molecule has 0 saturated carbocycles. The summed E-state index contributed by atoms with van der Waals surface area (Å²) in [6, 6.07) is 8.71. The molecule has 0 spiro atoms. The van der Waals surface area contributed by atoms with Gasteiger partial charge in [0.1, 0.15) is 10.6 Å². The van der Waals surface area contributed by atoms with E-state index in [1.807, 2.05) is 6.07 Å². The van der Waals surface area contributed by atoms with Crippen LogP contribution in [0.5, 0.6) is 0 Å². The third-order valence-electron chi connectivity index (χ3n) is 2.69. The number of anilines is 1. The van der Waals surface area contributed by atoms with Crippen molar-refractivity contribution in [1.29, 1.82) is 0 Å². The third-order valence-corrected chi connectivity index (χ3v) is 3.70. The normalized spacial score (nSPS) is 10.2. The molecule has 0 radical (unpaired) electrons. The Kier molecular flexibility index (Phi) is 3.62. The van der Waals surface area contributed by atoms with Gasteiger partial charge in [0.2, 0.25) is 0 Å². The van der Waals surface area contributed by atoms with Crippen LogP contribution in [-0.2, 0) is 0 Å². The average molecular weight is 276 g/mol. The maximum absolute atomic E-state index is 12.2. The molecule has 6 heteroatoms. The second-order valence-corrected chi connectivity index (χ2v) is 4.74. The predicted octanol–water partition coefficient (Wildman–Crippen LogP) is 2.43. The molecule has 1 N–H and O–H groups in total. The Balaban J connectivity index is 2.38. The molecule has 5 nitrogen and oxygen atoms in total. The summed E-state index contributed by atoms with van der Waals surface area (Å²) in [6.45, 7) is 1.62. The maximum atomic E-state index is 12.2. The van der Waals surface area contributed by atoms with Crippen molar-refractivity contribution in [3.05, 3.63) is 47.2 Å². The number of hydrogen-bond acceptors (Lipinski definition) is 4. The van der Waals surface area contributed by atoms with Gasteiger partial charge in [-0.05, 0) is 30.6 Å². The number of aromatic nitrogens is 1. The molecular weight excluding hydrogens is 264 g/mol. The van der Waals surface area contributed by atoms with E-state index < -0.39 is 5.97 Å². The quantitative estimate of drug-likeness (QED) is 0.934. The maximum Gasteiger partial charge on any atom is 0.340 e. The van der Waals surface area contributed by atoms with Crippen LogP contribution in [0.15, 0.2) is 30.3 Å². The molecule has 0 fully saturated rings. The van der Waals surface area contributed by atoms with Crippen molar-refractivity contribution in [2.45, 2.75) is 6.92 Å². The predicted molar refractivity (Wildman–Crippen MR) is 73.0 cm³/mol. The topological polar surface area (TPSA) is 70.5 Å². The van der Waals surface area contributed by atoms with Crippen LogP contribution in [0.2, 0.25) is 0 Å². The zero-order valence-corrected chi connectivity index (χ0v) is 11.3. The molecule has 2 aromatic rings. The summed E-state index contributed by atoms with van der Waals surface area (Å²) >= 11 is 1.01. The van der Waals surface area contributed by atoms with Crippen LogP contribution < -0.4 is 4.90 Å². The van der Waals surface area contributed by atoms with Crippen molar-refractivity contribution in [2.75, 3.05) is 11.9 Å². The molecule has 0 aliphatic heterocycles. The van der Waals surface area contributed by atoms with Gasteiger partial charge in [0.15, 0.2) is 0 Å². The molecule has 1 heterocycles. The van der Waals surface area contributed by atoms with Crippen molar-refractivity contribution in [1.82, 2.24) is 4.37 Å². The number of aromatic carboxylic acids is 1. The summed E-state index contributed by atoms with van der Waals surface area (Å²) in [5.74, 6) is -1.33. The van der Waals surface area contributed by atoms with Crippen LogP contribution in [0, 0.1) is 6.92 Å². The van der Waals surface area contributed by atoms with E-state index in [0.717, 1.165) is 11.5 Å². The lowest BCUT2D eigenvalue weighted by Gasteiger charge is -2.15. The number of carbonyl (C=O) groups is 2. The number of carbonyl (C=O) groups excluding carboxylic acids is 1. The van der Waals surface area contributed by atoms with E-state index in [0.29, 0.717) is 16.3 Å². The summed E-state index contributed by atoms with van der Waals surface area (Å²) < 4.78 is 4.00. The number of aryl methyl sites for hydroxylation is 1. The van der Waals surface area contributed by atoms with Gasteiger partial charge in [-0.15, -0.1) is 0 Å². The average Bonchev–Trinajstić information content (AvgIpc) is 2.80. The molecule has 1 aromatic heterocycles. The largest absolute Gasteiger partial charge is 0.478 e. The first-order valence-electron chi connectivity index (χ1n) is 5.55. The van der Waals surface area contributed by atoms with Crippen LogP contribution >= 0.6 is 11.5 Å². The summed E-state index contributed by atoms with van der Waals surface area (Å²) in [7, 11) is 1.55. The molecule has 2 rings (SSSR count). The van der Waals surface area contributed by atoms with Crippen LogP contribution in [0.4, 0.5) is 5.00 Å². The summed E-state index contributed by atoms with van der Waals surface area (Å²) in [6.07, 6.45) is 0. The lowest BCUT2D eigenvalue weighted by Crippen LogP contribution is -2.26. The number of carboxylic acids is 1. The highest BCUT2D eigenvalue weighted by Crippen LogP contribution is 2.28. The number of nitrogens with zero attached hydrogens (tertiary/aromatic N) is 2. The first kappa shape index (κ1) is 13.2. The second-order valence-electron chi connectivity index (χ2n) is 3.98. The highest BCUT2D eigenvalue weighted by atomic mass is 32.1. The molecular formula is C13H12N2O3S. The van der Waals surface area contributed by atoms with Gasteiger partial charge in [-0.3, -0.25) is 4.79 Å². The van der Waals surface area contributed by atoms with Crippen molar-refractivity contribution in [3.8, 4) is 0 Å². The Hall–Kier alpha value is -2.21. The molecule has 0 saturated heterocycles. The van der Waals surface area contributed by atoms with Crippen molar-refractivity contribution >= 4 is 28.4 Å². The van der Waals surface area contributed by atoms with Crippen LogP contribution in [0.3, 0.4) is 0 Å². The second kappa shape index (κ2) is 5.19. The molecule has 1 aromatic carbocycles. The van der Waals surface area contributed by atoms with Crippen molar-refractivity contribution < 1.29 is 14.7 Å². The number of carboxylic acid groups (broad SMARTS) is 1. The van der Waals surface area contributed by atoms with Crippen molar-refractivity contribution in [2.24, 2.45) is 0 Å². The lowest BCUT2D eigenvalue weighted by molar-refractivity contribution is 0.0697. The van der Waals surface area contributed by atoms with Crippen molar-refractivity contribution in [3.63, 3.8) is 0 Å². The van der Waals surface area contributed by atoms with Gasteiger partial charge in [0.05, 0.1) is 5.69 Å². The molecule has 0 atom stereocenters. The van der Waals surface area contributed by atoms with E-state index in [9.17, 15) is 9.59 Å². The summed E-state index contributed by atoms with van der Waals surface area (Å²) in [5, 5.41) is 9.51. The van der Waals surface area contributed by atoms with Gasteiger partial charge < -0.3 is 10.0 Å². The fraction of sp³-hybridized carbons (Fsp3) is 0.154. The first-order chi connectivity index (χ1) is 9.02. The zero-order chi connectivity index (χ0) is 14.0. The minimum absolute atomic E-state index is 0.0804. The molecule has 0 aliphatic carbocycles. The van der Waals surface area contributed by atoms with E-state index >= 15 is 0 Å². The highest BCUT2D eigenvalue weighted by Gasteiger charge is 2.24. The van der Waals surface area contributed by atoms with Crippen LogP contribution in [0.25, 0.3) is 0 Å².